The summed E-state index contributed by atoms with van der Waals surface area (Å²) in [6.45, 7) is 6.04. The van der Waals surface area contributed by atoms with Gasteiger partial charge in [-0.05, 0) is 31.9 Å². The molecule has 0 saturated heterocycles. The molecule has 0 spiro atoms. The number of phenols is 2. The van der Waals surface area contributed by atoms with Crippen LogP contribution in [-0.4, -0.2) is 10.2 Å². The molecule has 1 aromatic carbocycles. The van der Waals surface area contributed by atoms with Crippen LogP contribution in [0.3, 0.4) is 0 Å². The van der Waals surface area contributed by atoms with Crippen molar-refractivity contribution >= 4 is 5.57 Å². The molecule has 0 saturated carbocycles. The first-order valence-corrected chi connectivity index (χ1v) is 4.75. The van der Waals surface area contributed by atoms with Crippen LogP contribution in [0, 0.1) is 0 Å². The largest absolute Gasteiger partial charge is 0.504 e. The summed E-state index contributed by atoms with van der Waals surface area (Å²) in [6, 6.07) is 5.04. The lowest BCUT2D eigenvalue weighted by Gasteiger charge is -2.10. The molecule has 0 aromatic heterocycles. The molecule has 0 unspecified atom stereocenters. The van der Waals surface area contributed by atoms with E-state index in [0.29, 0.717) is 0 Å². The maximum Gasteiger partial charge on any atom is 0.165 e. The van der Waals surface area contributed by atoms with Gasteiger partial charge in [0.1, 0.15) is 0 Å². The van der Waals surface area contributed by atoms with Gasteiger partial charge in [-0.1, -0.05) is 24.6 Å². The minimum atomic E-state index is -0.0605. The van der Waals surface area contributed by atoms with Crippen molar-refractivity contribution in [1.29, 1.82) is 0 Å². The lowest BCUT2D eigenvalue weighted by Crippen LogP contribution is -1.87. The van der Waals surface area contributed by atoms with Gasteiger partial charge in [0.15, 0.2) is 11.5 Å². The van der Waals surface area contributed by atoms with Crippen LogP contribution < -0.4 is 0 Å². The van der Waals surface area contributed by atoms with Crippen molar-refractivity contribution in [3.05, 3.63) is 29.3 Å². The van der Waals surface area contributed by atoms with Gasteiger partial charge in [-0.3, -0.25) is 0 Å². The van der Waals surface area contributed by atoms with E-state index in [1.165, 1.54) is 6.07 Å². The van der Waals surface area contributed by atoms with E-state index in [1.54, 1.807) is 6.07 Å². The third-order valence-corrected chi connectivity index (χ3v) is 2.30. The summed E-state index contributed by atoms with van der Waals surface area (Å²) in [6.07, 6.45) is 0.847. The molecule has 0 radical (unpaired) electrons. The molecule has 14 heavy (non-hydrogen) atoms. The highest BCUT2D eigenvalue weighted by molar-refractivity contribution is 5.74. The Labute approximate surface area is 84.5 Å². The van der Waals surface area contributed by atoms with Crippen LogP contribution in [0.5, 0.6) is 11.5 Å². The van der Waals surface area contributed by atoms with Crippen molar-refractivity contribution in [2.75, 3.05) is 0 Å². The van der Waals surface area contributed by atoms with E-state index in [1.807, 2.05) is 26.8 Å². The molecular weight excluding hydrogens is 176 g/mol. The molecule has 0 bridgehead atoms. The van der Waals surface area contributed by atoms with Crippen LogP contribution in [0.15, 0.2) is 23.8 Å². The maximum absolute atomic E-state index is 9.66. The van der Waals surface area contributed by atoms with Gasteiger partial charge in [-0.15, -0.1) is 0 Å². The van der Waals surface area contributed by atoms with E-state index >= 15 is 0 Å². The maximum atomic E-state index is 9.66. The third-order valence-electron chi connectivity index (χ3n) is 2.30. The first kappa shape index (κ1) is 10.6. The van der Waals surface area contributed by atoms with Crippen LogP contribution >= 0.6 is 0 Å². The summed E-state index contributed by atoms with van der Waals surface area (Å²) in [5, 5.41) is 19.0. The van der Waals surface area contributed by atoms with E-state index < -0.39 is 0 Å². The number of hydrogen-bond donors (Lipinski definition) is 2. The number of allylic oxidation sites excluding steroid dienone is 2. The smallest absolute Gasteiger partial charge is 0.165 e. The van der Waals surface area contributed by atoms with E-state index in [-0.39, 0.29) is 11.5 Å². The summed E-state index contributed by atoms with van der Waals surface area (Å²) >= 11 is 0. The average Bonchev–Trinajstić information content (AvgIpc) is 2.13. The second kappa shape index (κ2) is 4.18. The minimum Gasteiger partial charge on any atom is -0.504 e. The second-order valence-corrected chi connectivity index (χ2v) is 3.51. The van der Waals surface area contributed by atoms with Gasteiger partial charge in [0, 0.05) is 5.56 Å². The van der Waals surface area contributed by atoms with Crippen molar-refractivity contribution in [3.8, 4) is 11.5 Å². The molecule has 76 valence electrons. The number of hydrogen-bond acceptors (Lipinski definition) is 2. The topological polar surface area (TPSA) is 40.5 Å². The summed E-state index contributed by atoms with van der Waals surface area (Å²) < 4.78 is 0. The zero-order valence-electron chi connectivity index (χ0n) is 8.83. The van der Waals surface area contributed by atoms with Crippen LogP contribution in [0.1, 0.15) is 32.8 Å². The molecule has 1 rings (SSSR count). The molecule has 2 nitrogen and oxygen atoms in total. The van der Waals surface area contributed by atoms with Gasteiger partial charge in [-0.25, -0.2) is 0 Å². The predicted octanol–water partition coefficient (Wildman–Crippen LogP) is 3.30. The molecular formula is C12H16O2. The zero-order chi connectivity index (χ0) is 10.7. The second-order valence-electron chi connectivity index (χ2n) is 3.51. The van der Waals surface area contributed by atoms with Gasteiger partial charge in [0.05, 0.1) is 0 Å². The Morgan fingerprint density at radius 3 is 2.36 bits per heavy atom. The highest BCUT2D eigenvalue weighted by Crippen LogP contribution is 2.35. The summed E-state index contributed by atoms with van der Waals surface area (Å²) in [7, 11) is 0. The lowest BCUT2D eigenvalue weighted by molar-refractivity contribution is 0.402. The number of rotatable bonds is 2. The van der Waals surface area contributed by atoms with Gasteiger partial charge in [0.2, 0.25) is 0 Å². The summed E-state index contributed by atoms with van der Waals surface area (Å²) in [5.41, 5.74) is 2.97. The standard InChI is InChI=1S/C12H16O2/c1-4-9(8(2)3)10-6-5-7-11(13)12(10)14/h5-7,13-14H,4H2,1-3H3. The molecule has 0 aliphatic rings. The zero-order valence-corrected chi connectivity index (χ0v) is 8.83. The molecule has 0 heterocycles. The Bertz CT molecular complexity index is 361. The Hall–Kier alpha value is -1.44. The fraction of sp³-hybridized carbons (Fsp3) is 0.333. The Kier molecular flexibility index (Phi) is 3.18. The van der Waals surface area contributed by atoms with E-state index in [0.717, 1.165) is 23.1 Å². The first-order chi connectivity index (χ1) is 6.57. The third kappa shape index (κ3) is 1.90. The monoisotopic (exact) mass is 192 g/mol. The van der Waals surface area contributed by atoms with Crippen molar-refractivity contribution in [1.82, 2.24) is 0 Å². The number of para-hydroxylation sites is 1. The SMILES string of the molecule is CCC(=C(C)C)c1cccc(O)c1O. The molecule has 0 aliphatic heterocycles. The van der Waals surface area contributed by atoms with Gasteiger partial charge in [0.25, 0.3) is 0 Å². The van der Waals surface area contributed by atoms with Crippen molar-refractivity contribution < 1.29 is 10.2 Å². The van der Waals surface area contributed by atoms with Gasteiger partial charge >= 0.3 is 0 Å². The van der Waals surface area contributed by atoms with Crippen molar-refractivity contribution in [3.63, 3.8) is 0 Å². The highest BCUT2D eigenvalue weighted by Gasteiger charge is 2.09. The fourth-order valence-electron chi connectivity index (χ4n) is 1.59. The quantitative estimate of drug-likeness (QED) is 0.706. The molecule has 0 amide bonds. The van der Waals surface area contributed by atoms with Crippen LogP contribution in [-0.2, 0) is 0 Å². The fourth-order valence-corrected chi connectivity index (χ4v) is 1.59. The Morgan fingerprint density at radius 1 is 1.21 bits per heavy atom. The molecule has 0 fully saturated rings. The normalized spacial score (nSPS) is 9.93. The number of aromatic hydroxyl groups is 2. The predicted molar refractivity (Wildman–Crippen MR) is 58.3 cm³/mol. The molecule has 0 aliphatic carbocycles. The lowest BCUT2D eigenvalue weighted by atomic mass is 9.98. The number of benzene rings is 1. The van der Waals surface area contributed by atoms with Gasteiger partial charge < -0.3 is 10.2 Å². The first-order valence-electron chi connectivity index (χ1n) is 4.75. The highest BCUT2D eigenvalue weighted by atomic mass is 16.3. The molecule has 0 atom stereocenters. The minimum absolute atomic E-state index is 0.0226. The molecule has 2 N–H and O–H groups in total. The molecule has 2 heteroatoms. The average molecular weight is 192 g/mol. The van der Waals surface area contributed by atoms with Crippen LogP contribution in [0.25, 0.3) is 5.57 Å². The summed E-state index contributed by atoms with van der Waals surface area (Å²) in [4.78, 5) is 0. The summed E-state index contributed by atoms with van der Waals surface area (Å²) in [5.74, 6) is -0.0831. The van der Waals surface area contributed by atoms with E-state index in [2.05, 4.69) is 0 Å². The van der Waals surface area contributed by atoms with Crippen LogP contribution in [0.4, 0.5) is 0 Å². The Balaban J connectivity index is 3.32. The Morgan fingerprint density at radius 2 is 1.86 bits per heavy atom. The van der Waals surface area contributed by atoms with E-state index in [4.69, 9.17) is 0 Å². The van der Waals surface area contributed by atoms with Crippen molar-refractivity contribution in [2.45, 2.75) is 27.2 Å². The van der Waals surface area contributed by atoms with Crippen LogP contribution in [0.2, 0.25) is 0 Å². The van der Waals surface area contributed by atoms with E-state index in [9.17, 15) is 10.2 Å². The van der Waals surface area contributed by atoms with Crippen molar-refractivity contribution in [2.24, 2.45) is 0 Å². The number of phenolic OH excluding ortho intramolecular Hbond substituents is 2. The van der Waals surface area contributed by atoms with Gasteiger partial charge in [-0.2, -0.15) is 0 Å². The molecule has 1 aromatic rings.